The van der Waals surface area contributed by atoms with E-state index in [0.717, 1.165) is 5.75 Å². The topological polar surface area (TPSA) is 18.5 Å². The van der Waals surface area contributed by atoms with E-state index in [4.69, 9.17) is 9.47 Å². The molecular formula is C17H18O2. The Morgan fingerprint density at radius 1 is 0.947 bits per heavy atom. The monoisotopic (exact) mass is 254 g/mol. The van der Waals surface area contributed by atoms with Gasteiger partial charge in [0.15, 0.2) is 0 Å². The summed E-state index contributed by atoms with van der Waals surface area (Å²) in [6.07, 6.45) is 1.76. The molecule has 0 aliphatic carbocycles. The summed E-state index contributed by atoms with van der Waals surface area (Å²) >= 11 is 0. The Kier molecular flexibility index (Phi) is 4.76. The molecule has 0 aromatic heterocycles. The van der Waals surface area contributed by atoms with Crippen molar-refractivity contribution in [1.82, 2.24) is 0 Å². The van der Waals surface area contributed by atoms with Crippen molar-refractivity contribution in [2.75, 3.05) is 13.7 Å². The molecule has 0 fully saturated rings. The van der Waals surface area contributed by atoms with E-state index in [2.05, 4.69) is 43.0 Å². The standard InChI is InChI=1S/C17H18O2/c1-3-12-19-13-14-4-6-15(7-5-14)16-8-10-17(18-2)11-9-16/h3-11H,1,12-13H2,2H3. The fourth-order valence-corrected chi connectivity index (χ4v) is 1.84. The first-order valence-corrected chi connectivity index (χ1v) is 6.25. The molecule has 0 unspecified atom stereocenters. The largest absolute Gasteiger partial charge is 0.497 e. The van der Waals surface area contributed by atoms with Gasteiger partial charge in [-0.2, -0.15) is 0 Å². The van der Waals surface area contributed by atoms with Gasteiger partial charge in [-0.05, 0) is 28.8 Å². The van der Waals surface area contributed by atoms with Crippen molar-refractivity contribution in [3.63, 3.8) is 0 Å². The minimum atomic E-state index is 0.584. The first-order chi connectivity index (χ1) is 9.33. The van der Waals surface area contributed by atoms with Crippen molar-refractivity contribution in [2.24, 2.45) is 0 Å². The highest BCUT2D eigenvalue weighted by Crippen LogP contribution is 2.22. The Labute approximate surface area is 114 Å². The molecule has 0 N–H and O–H groups in total. The van der Waals surface area contributed by atoms with E-state index in [9.17, 15) is 0 Å². The lowest BCUT2D eigenvalue weighted by molar-refractivity contribution is 0.149. The van der Waals surface area contributed by atoms with Gasteiger partial charge in [0.1, 0.15) is 5.75 Å². The number of hydrogen-bond acceptors (Lipinski definition) is 2. The third kappa shape index (κ3) is 3.70. The SMILES string of the molecule is C=CCOCc1ccc(-c2ccc(OC)cc2)cc1. The van der Waals surface area contributed by atoms with E-state index in [0.29, 0.717) is 13.2 Å². The second kappa shape index (κ2) is 6.76. The maximum Gasteiger partial charge on any atom is 0.118 e. The van der Waals surface area contributed by atoms with Crippen molar-refractivity contribution >= 4 is 0 Å². The molecule has 0 atom stereocenters. The first kappa shape index (κ1) is 13.4. The number of ether oxygens (including phenoxy) is 2. The van der Waals surface area contributed by atoms with E-state index in [1.54, 1.807) is 13.2 Å². The predicted octanol–water partition coefficient (Wildman–Crippen LogP) is 4.06. The molecule has 0 radical (unpaired) electrons. The average molecular weight is 254 g/mol. The van der Waals surface area contributed by atoms with Crippen LogP contribution in [-0.2, 0) is 11.3 Å². The zero-order valence-corrected chi connectivity index (χ0v) is 11.1. The van der Waals surface area contributed by atoms with Crippen LogP contribution in [0.2, 0.25) is 0 Å². The van der Waals surface area contributed by atoms with Gasteiger partial charge in [0, 0.05) is 0 Å². The molecule has 0 heterocycles. The lowest BCUT2D eigenvalue weighted by Gasteiger charge is -2.06. The summed E-state index contributed by atoms with van der Waals surface area (Å²) in [5.74, 6) is 0.873. The molecular weight excluding hydrogens is 236 g/mol. The number of rotatable bonds is 6. The summed E-state index contributed by atoms with van der Waals surface area (Å²) in [4.78, 5) is 0. The highest BCUT2D eigenvalue weighted by Gasteiger charge is 1.99. The second-order valence-electron chi connectivity index (χ2n) is 4.23. The summed E-state index contributed by atoms with van der Waals surface area (Å²) in [5, 5.41) is 0. The van der Waals surface area contributed by atoms with Gasteiger partial charge in [-0.15, -0.1) is 6.58 Å². The van der Waals surface area contributed by atoms with E-state index in [1.165, 1.54) is 16.7 Å². The van der Waals surface area contributed by atoms with Crippen LogP contribution >= 0.6 is 0 Å². The number of benzene rings is 2. The molecule has 0 spiro atoms. The van der Waals surface area contributed by atoms with Gasteiger partial charge < -0.3 is 9.47 Å². The Morgan fingerprint density at radius 3 is 2.05 bits per heavy atom. The van der Waals surface area contributed by atoms with E-state index in [1.807, 2.05) is 12.1 Å². The lowest BCUT2D eigenvalue weighted by Crippen LogP contribution is -1.92. The first-order valence-electron chi connectivity index (χ1n) is 6.25. The van der Waals surface area contributed by atoms with Crippen LogP contribution in [0.25, 0.3) is 11.1 Å². The summed E-state index contributed by atoms with van der Waals surface area (Å²) in [6, 6.07) is 16.4. The van der Waals surface area contributed by atoms with Gasteiger partial charge in [-0.1, -0.05) is 42.5 Å². The molecule has 2 heteroatoms. The van der Waals surface area contributed by atoms with Crippen molar-refractivity contribution < 1.29 is 9.47 Å². The molecule has 98 valence electrons. The highest BCUT2D eigenvalue weighted by atomic mass is 16.5. The Bertz CT molecular complexity index is 512. The quantitative estimate of drug-likeness (QED) is 0.571. The van der Waals surface area contributed by atoms with E-state index < -0.39 is 0 Å². The van der Waals surface area contributed by atoms with Crippen LogP contribution in [0.4, 0.5) is 0 Å². The van der Waals surface area contributed by atoms with E-state index in [-0.39, 0.29) is 0 Å². The van der Waals surface area contributed by atoms with Crippen molar-refractivity contribution in [1.29, 1.82) is 0 Å². The summed E-state index contributed by atoms with van der Waals surface area (Å²) in [7, 11) is 1.67. The molecule has 0 bridgehead atoms. The van der Waals surface area contributed by atoms with Crippen molar-refractivity contribution in [3.8, 4) is 16.9 Å². The molecule has 0 aliphatic rings. The Morgan fingerprint density at radius 2 is 1.53 bits per heavy atom. The van der Waals surface area contributed by atoms with Crippen LogP contribution in [0.1, 0.15) is 5.56 Å². The maximum absolute atomic E-state index is 5.41. The van der Waals surface area contributed by atoms with Crippen molar-refractivity contribution in [3.05, 3.63) is 66.7 Å². The zero-order chi connectivity index (χ0) is 13.5. The average Bonchev–Trinajstić information content (AvgIpc) is 2.48. The maximum atomic E-state index is 5.41. The van der Waals surface area contributed by atoms with Crippen LogP contribution < -0.4 is 4.74 Å². The van der Waals surface area contributed by atoms with Crippen LogP contribution in [-0.4, -0.2) is 13.7 Å². The van der Waals surface area contributed by atoms with Gasteiger partial charge in [0.2, 0.25) is 0 Å². The third-order valence-electron chi connectivity index (χ3n) is 2.88. The van der Waals surface area contributed by atoms with Crippen LogP contribution in [0, 0.1) is 0 Å². The normalized spacial score (nSPS) is 10.2. The van der Waals surface area contributed by atoms with Gasteiger partial charge >= 0.3 is 0 Å². The molecule has 19 heavy (non-hydrogen) atoms. The van der Waals surface area contributed by atoms with Gasteiger partial charge in [-0.25, -0.2) is 0 Å². The molecule has 0 saturated carbocycles. The minimum absolute atomic E-state index is 0.584. The Hall–Kier alpha value is -2.06. The van der Waals surface area contributed by atoms with Gasteiger partial charge in [0.05, 0.1) is 20.3 Å². The third-order valence-corrected chi connectivity index (χ3v) is 2.88. The van der Waals surface area contributed by atoms with Crippen LogP contribution in [0.15, 0.2) is 61.2 Å². The van der Waals surface area contributed by atoms with Crippen molar-refractivity contribution in [2.45, 2.75) is 6.61 Å². The number of hydrogen-bond donors (Lipinski definition) is 0. The molecule has 2 rings (SSSR count). The predicted molar refractivity (Wildman–Crippen MR) is 78.3 cm³/mol. The van der Waals surface area contributed by atoms with E-state index >= 15 is 0 Å². The fourth-order valence-electron chi connectivity index (χ4n) is 1.84. The molecule has 0 amide bonds. The zero-order valence-electron chi connectivity index (χ0n) is 11.1. The fraction of sp³-hybridized carbons (Fsp3) is 0.176. The smallest absolute Gasteiger partial charge is 0.118 e. The number of methoxy groups -OCH3 is 1. The summed E-state index contributed by atoms with van der Waals surface area (Å²) in [6.45, 7) is 4.83. The lowest BCUT2D eigenvalue weighted by atomic mass is 10.0. The molecule has 2 aromatic rings. The van der Waals surface area contributed by atoms with Gasteiger partial charge in [0.25, 0.3) is 0 Å². The summed E-state index contributed by atoms with van der Waals surface area (Å²) in [5.41, 5.74) is 3.54. The molecule has 2 nitrogen and oxygen atoms in total. The summed E-state index contributed by atoms with van der Waals surface area (Å²) < 4.78 is 10.6. The minimum Gasteiger partial charge on any atom is -0.497 e. The molecule has 2 aromatic carbocycles. The van der Waals surface area contributed by atoms with Crippen LogP contribution in [0.3, 0.4) is 0 Å². The molecule has 0 saturated heterocycles. The Balaban J connectivity index is 2.06. The van der Waals surface area contributed by atoms with Crippen LogP contribution in [0.5, 0.6) is 5.75 Å². The molecule has 0 aliphatic heterocycles. The van der Waals surface area contributed by atoms with Gasteiger partial charge in [-0.3, -0.25) is 0 Å². The highest BCUT2D eigenvalue weighted by molar-refractivity contribution is 5.64. The second-order valence-corrected chi connectivity index (χ2v) is 4.23.